The Bertz CT molecular complexity index is 858. The Balaban J connectivity index is 2.07. The number of fused-ring (bicyclic) bond motifs is 1. The van der Waals surface area contributed by atoms with Crippen LogP contribution in [0, 0.1) is 12.3 Å². The minimum absolute atomic E-state index is 0.370. The lowest BCUT2D eigenvalue weighted by atomic mass is 10.2. The number of terminal acetylenes is 1. The van der Waals surface area contributed by atoms with Crippen molar-refractivity contribution in [1.29, 1.82) is 0 Å². The predicted octanol–water partition coefficient (Wildman–Crippen LogP) is 1.30. The van der Waals surface area contributed by atoms with Gasteiger partial charge in [0.05, 0.1) is 13.1 Å². The van der Waals surface area contributed by atoms with Crippen LogP contribution < -0.4 is 15.5 Å². The van der Waals surface area contributed by atoms with E-state index < -0.39 is 0 Å². The number of hydrogen-bond donors (Lipinski definition) is 0. The summed E-state index contributed by atoms with van der Waals surface area (Å²) in [7, 11) is 3.94. The van der Waals surface area contributed by atoms with Gasteiger partial charge in [0.15, 0.2) is 5.82 Å². The molecule has 0 amide bonds. The molecule has 0 N–H and O–H groups in total. The zero-order valence-corrected chi connectivity index (χ0v) is 13.2. The molecule has 0 fully saturated rings. The maximum atomic E-state index is 12.3. The van der Waals surface area contributed by atoms with Crippen LogP contribution in [0.4, 0.5) is 11.6 Å². The van der Waals surface area contributed by atoms with Crippen molar-refractivity contribution in [2.75, 3.05) is 37.0 Å². The van der Waals surface area contributed by atoms with Crippen LogP contribution in [0.15, 0.2) is 35.6 Å². The molecule has 0 aliphatic carbocycles. The van der Waals surface area contributed by atoms with Crippen molar-refractivity contribution in [2.45, 2.75) is 0 Å². The van der Waals surface area contributed by atoms with E-state index in [9.17, 15) is 4.79 Å². The molecule has 0 radical (unpaired) electrons. The second-order valence-corrected chi connectivity index (χ2v) is 5.53. The first kappa shape index (κ1) is 14.9. The molecule has 6 heteroatoms. The molecule has 0 saturated carbocycles. The molecule has 0 spiro atoms. The second-order valence-electron chi connectivity index (χ2n) is 5.53. The molecule has 2 aromatic rings. The number of anilines is 2. The van der Waals surface area contributed by atoms with Gasteiger partial charge in [-0.3, -0.25) is 0 Å². The van der Waals surface area contributed by atoms with Gasteiger partial charge in [-0.15, -0.1) is 6.42 Å². The summed E-state index contributed by atoms with van der Waals surface area (Å²) in [6.45, 7) is 4.74. The molecule has 23 heavy (non-hydrogen) atoms. The molecule has 0 unspecified atom stereocenters. The Labute approximate surface area is 134 Å². The lowest BCUT2D eigenvalue weighted by Gasteiger charge is -2.14. The number of nitrogens with zero attached hydrogens (tertiary/aromatic N) is 5. The summed E-state index contributed by atoms with van der Waals surface area (Å²) in [5.74, 6) is 3.46. The van der Waals surface area contributed by atoms with Gasteiger partial charge >= 0.3 is 5.69 Å². The van der Waals surface area contributed by atoms with Crippen LogP contribution in [0.25, 0.3) is 17.1 Å². The molecule has 0 saturated heterocycles. The first-order valence-corrected chi connectivity index (χ1v) is 7.16. The number of hydrogen-bond acceptors (Lipinski definition) is 5. The van der Waals surface area contributed by atoms with Gasteiger partial charge in [-0.25, -0.2) is 9.36 Å². The average molecular weight is 307 g/mol. The number of aromatic nitrogens is 3. The highest BCUT2D eigenvalue weighted by Crippen LogP contribution is 2.25. The normalized spacial score (nSPS) is 12.9. The summed E-state index contributed by atoms with van der Waals surface area (Å²) in [6, 6.07) is 7.72. The Morgan fingerprint density at radius 3 is 2.61 bits per heavy atom. The second kappa shape index (κ2) is 5.61. The maximum absolute atomic E-state index is 12.3. The van der Waals surface area contributed by atoms with Gasteiger partial charge in [0.1, 0.15) is 0 Å². The topological polar surface area (TPSA) is 54.3 Å². The van der Waals surface area contributed by atoms with Gasteiger partial charge in [-0.2, -0.15) is 9.97 Å². The zero-order chi connectivity index (χ0) is 16.6. The molecule has 2 heterocycles. The van der Waals surface area contributed by atoms with Crippen molar-refractivity contribution in [3.63, 3.8) is 0 Å². The Hall–Kier alpha value is -3.07. The third-order valence-corrected chi connectivity index (χ3v) is 3.70. The lowest BCUT2D eigenvalue weighted by molar-refractivity contribution is 0.887. The molecule has 1 aliphatic heterocycles. The Morgan fingerprint density at radius 2 is 2.00 bits per heavy atom. The lowest BCUT2D eigenvalue weighted by Crippen LogP contribution is -2.25. The van der Waals surface area contributed by atoms with Crippen molar-refractivity contribution in [2.24, 2.45) is 0 Å². The van der Waals surface area contributed by atoms with Crippen molar-refractivity contribution in [1.82, 2.24) is 14.5 Å². The van der Waals surface area contributed by atoms with Crippen LogP contribution in [-0.2, 0) is 0 Å². The summed E-state index contributed by atoms with van der Waals surface area (Å²) in [6.07, 6.45) is 5.39. The molecular weight excluding hydrogens is 290 g/mol. The van der Waals surface area contributed by atoms with Crippen molar-refractivity contribution >= 4 is 17.3 Å². The highest BCUT2D eigenvalue weighted by molar-refractivity contribution is 5.66. The van der Waals surface area contributed by atoms with E-state index in [4.69, 9.17) is 6.42 Å². The van der Waals surface area contributed by atoms with Crippen molar-refractivity contribution in [3.05, 3.63) is 41.3 Å². The van der Waals surface area contributed by atoms with Crippen LogP contribution in [-0.4, -0.2) is 41.7 Å². The van der Waals surface area contributed by atoms with Gasteiger partial charge < -0.3 is 9.80 Å². The molecule has 3 rings (SSSR count). The monoisotopic (exact) mass is 307 g/mol. The molecule has 1 aromatic carbocycles. The average Bonchev–Trinajstić information content (AvgIpc) is 2.84. The first-order chi connectivity index (χ1) is 11.0. The van der Waals surface area contributed by atoms with E-state index in [0.717, 1.165) is 11.3 Å². The minimum Gasteiger partial charge on any atom is -0.378 e. The van der Waals surface area contributed by atoms with E-state index in [2.05, 4.69) is 22.5 Å². The summed E-state index contributed by atoms with van der Waals surface area (Å²) >= 11 is 0. The van der Waals surface area contributed by atoms with Gasteiger partial charge in [0.2, 0.25) is 5.95 Å². The van der Waals surface area contributed by atoms with E-state index in [0.29, 0.717) is 30.6 Å². The SMILES string of the molecule is C#CCN1CC(=C)n2c1nc(-c1ccc(N(C)C)cc1)nc2=O. The highest BCUT2D eigenvalue weighted by atomic mass is 16.1. The summed E-state index contributed by atoms with van der Waals surface area (Å²) < 4.78 is 1.41. The van der Waals surface area contributed by atoms with Crippen LogP contribution >= 0.6 is 0 Å². The number of rotatable bonds is 3. The van der Waals surface area contributed by atoms with Gasteiger partial charge in [-0.1, -0.05) is 12.5 Å². The van der Waals surface area contributed by atoms with Crippen molar-refractivity contribution < 1.29 is 0 Å². The fourth-order valence-electron chi connectivity index (χ4n) is 2.52. The fraction of sp³-hybridized carbons (Fsp3) is 0.235. The van der Waals surface area contributed by atoms with E-state index in [1.54, 1.807) is 0 Å². The fourth-order valence-corrected chi connectivity index (χ4v) is 2.52. The van der Waals surface area contributed by atoms with Crippen LogP contribution in [0.2, 0.25) is 0 Å². The molecule has 0 atom stereocenters. The first-order valence-electron chi connectivity index (χ1n) is 7.16. The highest BCUT2D eigenvalue weighted by Gasteiger charge is 2.26. The third-order valence-electron chi connectivity index (χ3n) is 3.70. The van der Waals surface area contributed by atoms with Gasteiger partial charge in [0.25, 0.3) is 0 Å². The summed E-state index contributed by atoms with van der Waals surface area (Å²) in [5, 5.41) is 0. The van der Waals surface area contributed by atoms with E-state index >= 15 is 0 Å². The third kappa shape index (κ3) is 2.57. The van der Waals surface area contributed by atoms with E-state index in [1.165, 1.54) is 4.57 Å². The quantitative estimate of drug-likeness (QED) is 0.800. The summed E-state index contributed by atoms with van der Waals surface area (Å²) in [5.41, 5.74) is 2.10. The van der Waals surface area contributed by atoms with Crippen molar-refractivity contribution in [3.8, 4) is 23.7 Å². The number of benzene rings is 1. The minimum atomic E-state index is -0.383. The predicted molar refractivity (Wildman–Crippen MR) is 92.4 cm³/mol. The largest absolute Gasteiger partial charge is 0.378 e. The van der Waals surface area contributed by atoms with Crippen LogP contribution in [0.5, 0.6) is 0 Å². The standard InChI is InChI=1S/C17H17N5O/c1-5-10-21-11-12(2)22-16(21)18-15(19-17(22)23)13-6-8-14(9-7-13)20(3)4/h1,6-9H,2,10-11H2,3-4H3. The van der Waals surface area contributed by atoms with Crippen LogP contribution in [0.1, 0.15) is 0 Å². The van der Waals surface area contributed by atoms with Crippen LogP contribution in [0.3, 0.4) is 0 Å². The van der Waals surface area contributed by atoms with Gasteiger partial charge in [0, 0.05) is 31.0 Å². The van der Waals surface area contributed by atoms with Gasteiger partial charge in [-0.05, 0) is 24.3 Å². The maximum Gasteiger partial charge on any atom is 0.356 e. The smallest absolute Gasteiger partial charge is 0.356 e. The Morgan fingerprint density at radius 1 is 1.30 bits per heavy atom. The molecule has 116 valence electrons. The van der Waals surface area contributed by atoms with E-state index in [1.807, 2.05) is 48.2 Å². The molecule has 1 aliphatic rings. The Kier molecular flexibility index (Phi) is 3.62. The molecule has 0 bridgehead atoms. The summed E-state index contributed by atoms with van der Waals surface area (Å²) in [4.78, 5) is 24.7. The molecule has 1 aromatic heterocycles. The van der Waals surface area contributed by atoms with E-state index in [-0.39, 0.29) is 5.69 Å². The molecular formula is C17H17N5O. The molecule has 6 nitrogen and oxygen atoms in total. The zero-order valence-electron chi connectivity index (χ0n) is 13.2.